The zero-order valence-corrected chi connectivity index (χ0v) is 20.4. The van der Waals surface area contributed by atoms with Crippen molar-refractivity contribution in [2.24, 2.45) is 0 Å². The molecule has 186 valence electrons. The van der Waals surface area contributed by atoms with Crippen LogP contribution >= 0.6 is 0 Å². The highest BCUT2D eigenvalue weighted by atomic mass is 16.5. The van der Waals surface area contributed by atoms with Gasteiger partial charge in [-0.15, -0.1) is 0 Å². The number of para-hydroxylation sites is 1. The van der Waals surface area contributed by atoms with Crippen LogP contribution in [0.5, 0.6) is 5.75 Å². The standard InChI is InChI=1S/C27H30N6O3/c1-36-21-12-10-19(11-13-21)17-28-25-22(26(35)31-33-15-6-2-3-9-24(33)34)18-29-27(30-25)32-16-14-20-7-4-5-8-23(20)32/h4-5,7-8,10-13,18H,2-3,6,9,14-17H2,1H3,(H,31,35)(H,28,29,30). The van der Waals surface area contributed by atoms with Gasteiger partial charge in [-0.05, 0) is 48.6 Å². The van der Waals surface area contributed by atoms with E-state index in [1.54, 1.807) is 7.11 Å². The third kappa shape index (κ3) is 5.10. The second-order valence-electron chi connectivity index (χ2n) is 8.96. The normalized spacial score (nSPS) is 15.3. The average molecular weight is 487 g/mol. The summed E-state index contributed by atoms with van der Waals surface area (Å²) in [6, 6.07) is 15.9. The molecule has 9 nitrogen and oxygen atoms in total. The number of hydrogen-bond acceptors (Lipinski definition) is 7. The molecular weight excluding hydrogens is 456 g/mol. The van der Waals surface area contributed by atoms with Crippen molar-refractivity contribution in [1.82, 2.24) is 20.4 Å². The Morgan fingerprint density at radius 1 is 1.03 bits per heavy atom. The van der Waals surface area contributed by atoms with Gasteiger partial charge in [-0.25, -0.2) is 4.98 Å². The molecule has 1 saturated heterocycles. The van der Waals surface area contributed by atoms with Gasteiger partial charge >= 0.3 is 0 Å². The monoisotopic (exact) mass is 486 g/mol. The van der Waals surface area contributed by atoms with Crippen LogP contribution in [0, 0.1) is 0 Å². The fraction of sp³-hybridized carbons (Fsp3) is 0.333. The predicted octanol–water partition coefficient (Wildman–Crippen LogP) is 3.84. The topological polar surface area (TPSA) is 99.7 Å². The van der Waals surface area contributed by atoms with Crippen LogP contribution in [-0.2, 0) is 17.8 Å². The van der Waals surface area contributed by atoms with Crippen LogP contribution in [0.2, 0.25) is 0 Å². The van der Waals surface area contributed by atoms with Crippen LogP contribution in [0.4, 0.5) is 17.5 Å². The lowest BCUT2D eigenvalue weighted by molar-refractivity contribution is -0.133. The summed E-state index contributed by atoms with van der Waals surface area (Å²) in [7, 11) is 1.63. The lowest BCUT2D eigenvalue weighted by Crippen LogP contribution is -2.46. The molecule has 5 rings (SSSR count). The molecule has 0 bridgehead atoms. The van der Waals surface area contributed by atoms with Crippen LogP contribution in [0.25, 0.3) is 0 Å². The van der Waals surface area contributed by atoms with E-state index < -0.39 is 5.91 Å². The maximum absolute atomic E-state index is 13.3. The SMILES string of the molecule is COc1ccc(CNc2nc(N3CCc4ccccc43)ncc2C(=O)NN2CCCCCC2=O)cc1. The molecular formula is C27H30N6O3. The highest BCUT2D eigenvalue weighted by Gasteiger charge is 2.25. The Balaban J connectivity index is 1.41. The fourth-order valence-electron chi connectivity index (χ4n) is 4.56. The van der Waals surface area contributed by atoms with Gasteiger partial charge in [0.15, 0.2) is 0 Å². The maximum atomic E-state index is 13.3. The van der Waals surface area contributed by atoms with E-state index in [2.05, 4.69) is 32.8 Å². The molecule has 0 unspecified atom stereocenters. The third-order valence-electron chi connectivity index (χ3n) is 6.58. The van der Waals surface area contributed by atoms with Crippen molar-refractivity contribution in [2.75, 3.05) is 30.4 Å². The average Bonchev–Trinajstić information content (AvgIpc) is 3.25. The number of hydrazine groups is 1. The van der Waals surface area contributed by atoms with Gasteiger partial charge in [0.25, 0.3) is 5.91 Å². The van der Waals surface area contributed by atoms with Crippen LogP contribution in [0.15, 0.2) is 54.7 Å². The molecule has 2 aromatic carbocycles. The van der Waals surface area contributed by atoms with Crippen molar-refractivity contribution in [3.63, 3.8) is 0 Å². The van der Waals surface area contributed by atoms with Gasteiger partial charge in [0.1, 0.15) is 17.1 Å². The van der Waals surface area contributed by atoms with Gasteiger partial charge in [0.05, 0.1) is 7.11 Å². The molecule has 9 heteroatoms. The van der Waals surface area contributed by atoms with E-state index in [0.29, 0.717) is 31.3 Å². The van der Waals surface area contributed by atoms with Gasteiger partial charge in [-0.2, -0.15) is 4.98 Å². The largest absolute Gasteiger partial charge is 0.497 e. The highest BCUT2D eigenvalue weighted by molar-refractivity contribution is 5.99. The van der Waals surface area contributed by atoms with Crippen molar-refractivity contribution in [3.8, 4) is 5.75 Å². The number of nitrogens with zero attached hydrogens (tertiary/aromatic N) is 4. The van der Waals surface area contributed by atoms with E-state index in [0.717, 1.165) is 49.2 Å². The second-order valence-corrected chi connectivity index (χ2v) is 8.96. The van der Waals surface area contributed by atoms with E-state index >= 15 is 0 Å². The van der Waals surface area contributed by atoms with Gasteiger partial charge in [-0.3, -0.25) is 20.0 Å². The Hall–Kier alpha value is -4.14. The summed E-state index contributed by atoms with van der Waals surface area (Å²) in [6.07, 6.45) is 5.56. The summed E-state index contributed by atoms with van der Waals surface area (Å²) in [5, 5.41) is 4.74. The number of rotatable bonds is 7. The predicted molar refractivity (Wildman–Crippen MR) is 137 cm³/mol. The van der Waals surface area contributed by atoms with Crippen molar-refractivity contribution in [3.05, 3.63) is 71.4 Å². The zero-order chi connectivity index (χ0) is 24.9. The minimum atomic E-state index is -0.407. The smallest absolute Gasteiger partial charge is 0.275 e. The zero-order valence-electron chi connectivity index (χ0n) is 20.4. The Morgan fingerprint density at radius 3 is 2.69 bits per heavy atom. The summed E-state index contributed by atoms with van der Waals surface area (Å²) in [5.41, 5.74) is 6.40. The molecule has 3 heterocycles. The first-order chi connectivity index (χ1) is 17.6. The summed E-state index contributed by atoms with van der Waals surface area (Å²) in [6.45, 7) is 1.73. The third-order valence-corrected chi connectivity index (χ3v) is 6.58. The number of carbonyl (C=O) groups is 2. The highest BCUT2D eigenvalue weighted by Crippen LogP contribution is 2.33. The molecule has 36 heavy (non-hydrogen) atoms. The fourth-order valence-corrected chi connectivity index (χ4v) is 4.56. The minimum Gasteiger partial charge on any atom is -0.497 e. The molecule has 2 aliphatic heterocycles. The number of fused-ring (bicyclic) bond motifs is 1. The van der Waals surface area contributed by atoms with Gasteiger partial charge < -0.3 is 15.0 Å². The molecule has 1 aromatic heterocycles. The first-order valence-electron chi connectivity index (χ1n) is 12.3. The Morgan fingerprint density at radius 2 is 1.86 bits per heavy atom. The number of methoxy groups -OCH3 is 1. The van der Waals surface area contributed by atoms with Gasteiger partial charge in [0, 0.05) is 37.9 Å². The number of ether oxygens (including phenoxy) is 1. The second kappa shape index (κ2) is 10.6. The summed E-state index contributed by atoms with van der Waals surface area (Å²) >= 11 is 0. The summed E-state index contributed by atoms with van der Waals surface area (Å²) < 4.78 is 5.24. The van der Waals surface area contributed by atoms with E-state index in [9.17, 15) is 9.59 Å². The minimum absolute atomic E-state index is 0.0696. The van der Waals surface area contributed by atoms with E-state index in [4.69, 9.17) is 9.72 Å². The molecule has 0 radical (unpaired) electrons. The molecule has 0 atom stereocenters. The maximum Gasteiger partial charge on any atom is 0.275 e. The number of carbonyl (C=O) groups excluding carboxylic acids is 2. The van der Waals surface area contributed by atoms with Crippen molar-refractivity contribution < 1.29 is 14.3 Å². The first-order valence-corrected chi connectivity index (χ1v) is 12.3. The van der Waals surface area contributed by atoms with E-state index in [-0.39, 0.29) is 11.5 Å². The molecule has 0 aliphatic carbocycles. The number of benzene rings is 2. The number of anilines is 3. The van der Waals surface area contributed by atoms with Crippen LogP contribution in [0.1, 0.15) is 47.2 Å². The lowest BCUT2D eigenvalue weighted by atomic mass is 10.2. The number of hydrogen-bond donors (Lipinski definition) is 2. The molecule has 2 N–H and O–H groups in total. The van der Waals surface area contributed by atoms with Crippen LogP contribution < -0.4 is 20.4 Å². The molecule has 0 spiro atoms. The Labute approximate surface area is 210 Å². The number of nitrogens with one attached hydrogen (secondary N) is 2. The van der Waals surface area contributed by atoms with Crippen molar-refractivity contribution in [2.45, 2.75) is 38.6 Å². The van der Waals surface area contributed by atoms with E-state index in [1.807, 2.05) is 36.4 Å². The summed E-state index contributed by atoms with van der Waals surface area (Å²) in [4.78, 5) is 37.1. The van der Waals surface area contributed by atoms with Crippen LogP contribution in [-0.4, -0.2) is 47.0 Å². The van der Waals surface area contributed by atoms with Crippen molar-refractivity contribution in [1.29, 1.82) is 0 Å². The first kappa shape index (κ1) is 23.6. The number of amides is 2. The molecule has 3 aromatic rings. The molecule has 2 aliphatic rings. The van der Waals surface area contributed by atoms with Gasteiger partial charge in [0.2, 0.25) is 11.9 Å². The van der Waals surface area contributed by atoms with Crippen LogP contribution in [0.3, 0.4) is 0 Å². The van der Waals surface area contributed by atoms with E-state index in [1.165, 1.54) is 16.8 Å². The molecule has 1 fully saturated rings. The quantitative estimate of drug-likeness (QED) is 0.523. The summed E-state index contributed by atoms with van der Waals surface area (Å²) in [5.74, 6) is 1.24. The lowest BCUT2D eigenvalue weighted by Gasteiger charge is -2.23. The van der Waals surface area contributed by atoms with Gasteiger partial charge in [-0.1, -0.05) is 36.8 Å². The Bertz CT molecular complexity index is 1250. The van der Waals surface area contributed by atoms with Crippen molar-refractivity contribution >= 4 is 29.3 Å². The Kier molecular flexibility index (Phi) is 6.97. The molecule has 0 saturated carbocycles. The molecule has 2 amide bonds. The number of aromatic nitrogens is 2.